The summed E-state index contributed by atoms with van der Waals surface area (Å²) >= 11 is 1.82. The second kappa shape index (κ2) is 6.63. The Bertz CT molecular complexity index is 347. The van der Waals surface area contributed by atoms with Crippen molar-refractivity contribution in [3.8, 4) is 0 Å². The molecule has 1 rings (SSSR count). The number of nitrogens with zero attached hydrogens (tertiary/aromatic N) is 1. The molecule has 4 heteroatoms. The summed E-state index contributed by atoms with van der Waals surface area (Å²) in [7, 11) is 0. The third-order valence-corrected chi connectivity index (χ3v) is 3.08. The maximum absolute atomic E-state index is 11.7. The molecule has 90 valence electrons. The van der Waals surface area contributed by atoms with E-state index in [1.54, 1.807) is 0 Å². The highest BCUT2D eigenvalue weighted by Gasteiger charge is 2.15. The highest BCUT2D eigenvalue weighted by Crippen LogP contribution is 2.13. The van der Waals surface area contributed by atoms with Crippen LogP contribution >= 0.6 is 11.8 Å². The number of carbonyl (C=O) groups is 1. The molecule has 0 fully saturated rings. The minimum atomic E-state index is -0.214. The molecular weight excluding hydrogens is 222 g/mol. The maximum Gasteiger partial charge on any atom is 0.355 e. The van der Waals surface area contributed by atoms with Crippen molar-refractivity contribution < 1.29 is 9.53 Å². The first-order chi connectivity index (χ1) is 7.70. The number of rotatable bonds is 6. The van der Waals surface area contributed by atoms with E-state index in [1.165, 1.54) is 0 Å². The first kappa shape index (κ1) is 13.2. The van der Waals surface area contributed by atoms with Gasteiger partial charge in [-0.05, 0) is 43.9 Å². The van der Waals surface area contributed by atoms with Gasteiger partial charge in [-0.2, -0.15) is 11.8 Å². The number of esters is 1. The third-order valence-electron chi connectivity index (χ3n) is 2.38. The molecule has 1 heterocycles. The predicted molar refractivity (Wildman–Crippen MR) is 68.1 cm³/mol. The fourth-order valence-corrected chi connectivity index (χ4v) is 2.04. The summed E-state index contributed by atoms with van der Waals surface area (Å²) in [6.07, 6.45) is 5.12. The van der Waals surface area contributed by atoms with Gasteiger partial charge in [0, 0.05) is 12.7 Å². The van der Waals surface area contributed by atoms with Crippen molar-refractivity contribution in [1.29, 1.82) is 0 Å². The zero-order valence-electron chi connectivity index (χ0n) is 10.2. The van der Waals surface area contributed by atoms with Crippen molar-refractivity contribution in [2.75, 3.05) is 18.6 Å². The van der Waals surface area contributed by atoms with E-state index in [9.17, 15) is 4.79 Å². The van der Waals surface area contributed by atoms with E-state index in [0.29, 0.717) is 12.3 Å². The molecule has 1 aromatic heterocycles. The molecule has 0 aromatic carbocycles. The van der Waals surface area contributed by atoms with E-state index in [1.807, 2.05) is 42.4 Å². The monoisotopic (exact) mass is 241 g/mol. The van der Waals surface area contributed by atoms with E-state index in [4.69, 9.17) is 4.74 Å². The lowest BCUT2D eigenvalue weighted by atomic mass is 10.2. The normalized spacial score (nSPS) is 10.4. The lowest BCUT2D eigenvalue weighted by Gasteiger charge is -2.09. The quantitative estimate of drug-likeness (QED) is 0.567. The average molecular weight is 241 g/mol. The number of thioether (sulfide) groups is 1. The lowest BCUT2D eigenvalue weighted by Crippen LogP contribution is -2.13. The number of hydrogen-bond donors (Lipinski definition) is 0. The number of aryl methyl sites for hydroxylation is 2. The molecule has 0 spiro atoms. The fourth-order valence-electron chi connectivity index (χ4n) is 1.63. The SMILES string of the molecule is CCOC(=O)c1c(C)ccn1CCCSC. The van der Waals surface area contributed by atoms with Gasteiger partial charge in [-0.3, -0.25) is 0 Å². The molecule has 0 atom stereocenters. The van der Waals surface area contributed by atoms with Crippen molar-refractivity contribution in [3.05, 3.63) is 23.5 Å². The van der Waals surface area contributed by atoms with E-state index >= 15 is 0 Å². The largest absolute Gasteiger partial charge is 0.461 e. The van der Waals surface area contributed by atoms with Gasteiger partial charge in [0.15, 0.2) is 0 Å². The van der Waals surface area contributed by atoms with Gasteiger partial charge in [0.2, 0.25) is 0 Å². The average Bonchev–Trinajstić information content (AvgIpc) is 2.61. The number of carbonyl (C=O) groups excluding carboxylic acids is 1. The van der Waals surface area contributed by atoms with E-state index in [-0.39, 0.29) is 5.97 Å². The first-order valence-corrected chi connectivity index (χ1v) is 6.91. The smallest absolute Gasteiger partial charge is 0.355 e. The van der Waals surface area contributed by atoms with E-state index < -0.39 is 0 Å². The number of aromatic nitrogens is 1. The van der Waals surface area contributed by atoms with Crippen molar-refractivity contribution in [1.82, 2.24) is 4.57 Å². The zero-order valence-corrected chi connectivity index (χ0v) is 11.0. The summed E-state index contributed by atoms with van der Waals surface area (Å²) in [4.78, 5) is 11.7. The second-order valence-electron chi connectivity index (χ2n) is 3.61. The molecule has 16 heavy (non-hydrogen) atoms. The minimum Gasteiger partial charge on any atom is -0.461 e. The Kier molecular flexibility index (Phi) is 5.46. The first-order valence-electron chi connectivity index (χ1n) is 5.52. The van der Waals surface area contributed by atoms with Gasteiger partial charge in [0.25, 0.3) is 0 Å². The Hall–Kier alpha value is -0.900. The standard InChI is InChI=1S/C12H19NO2S/c1-4-15-12(14)11-10(2)6-8-13(11)7-5-9-16-3/h6,8H,4-5,7,9H2,1-3H3. The molecule has 0 saturated heterocycles. The van der Waals surface area contributed by atoms with Crippen LogP contribution in [0.2, 0.25) is 0 Å². The second-order valence-corrected chi connectivity index (χ2v) is 4.59. The number of hydrogen-bond acceptors (Lipinski definition) is 3. The summed E-state index contributed by atoms with van der Waals surface area (Å²) in [6.45, 7) is 5.07. The van der Waals surface area contributed by atoms with Gasteiger partial charge < -0.3 is 9.30 Å². The molecular formula is C12H19NO2S. The Morgan fingerprint density at radius 3 is 2.94 bits per heavy atom. The molecule has 1 aromatic rings. The highest BCUT2D eigenvalue weighted by molar-refractivity contribution is 7.98. The van der Waals surface area contributed by atoms with Gasteiger partial charge >= 0.3 is 5.97 Å². The lowest BCUT2D eigenvalue weighted by molar-refractivity contribution is 0.0513. The van der Waals surface area contributed by atoms with E-state index in [0.717, 1.165) is 24.3 Å². The molecule has 0 unspecified atom stereocenters. The molecule has 0 saturated carbocycles. The number of ether oxygens (including phenoxy) is 1. The summed E-state index contributed by atoms with van der Waals surface area (Å²) in [5, 5.41) is 0. The molecule has 0 N–H and O–H groups in total. The summed E-state index contributed by atoms with van der Waals surface area (Å²) < 4.78 is 7.04. The van der Waals surface area contributed by atoms with Gasteiger partial charge in [-0.25, -0.2) is 4.79 Å². The Balaban J connectivity index is 2.73. The molecule has 0 amide bonds. The van der Waals surface area contributed by atoms with Crippen molar-refractivity contribution in [2.24, 2.45) is 0 Å². The van der Waals surface area contributed by atoms with Gasteiger partial charge in [-0.15, -0.1) is 0 Å². The van der Waals surface area contributed by atoms with Crippen molar-refractivity contribution in [2.45, 2.75) is 26.8 Å². The third kappa shape index (κ3) is 3.30. The Morgan fingerprint density at radius 2 is 2.31 bits per heavy atom. The minimum absolute atomic E-state index is 0.214. The van der Waals surface area contributed by atoms with Gasteiger partial charge in [-0.1, -0.05) is 0 Å². The topological polar surface area (TPSA) is 31.2 Å². The predicted octanol–water partition coefficient (Wildman–Crippen LogP) is 2.73. The maximum atomic E-state index is 11.7. The van der Waals surface area contributed by atoms with E-state index in [2.05, 4.69) is 6.26 Å². The highest BCUT2D eigenvalue weighted by atomic mass is 32.2. The fraction of sp³-hybridized carbons (Fsp3) is 0.583. The summed E-state index contributed by atoms with van der Waals surface area (Å²) in [5.74, 6) is 0.897. The molecule has 0 bridgehead atoms. The summed E-state index contributed by atoms with van der Waals surface area (Å²) in [5.41, 5.74) is 1.69. The van der Waals surface area contributed by atoms with Gasteiger partial charge in [0.05, 0.1) is 6.61 Å². The van der Waals surface area contributed by atoms with Gasteiger partial charge in [0.1, 0.15) is 5.69 Å². The van der Waals surface area contributed by atoms with Crippen LogP contribution in [0.15, 0.2) is 12.3 Å². The van der Waals surface area contributed by atoms with Crippen LogP contribution in [0.1, 0.15) is 29.4 Å². The molecule has 0 aliphatic carbocycles. The van der Waals surface area contributed by atoms with Crippen LogP contribution in [0.3, 0.4) is 0 Å². The van der Waals surface area contributed by atoms with Crippen LogP contribution in [-0.4, -0.2) is 29.2 Å². The molecule has 0 radical (unpaired) electrons. The summed E-state index contributed by atoms with van der Waals surface area (Å²) in [6, 6.07) is 1.96. The molecule has 0 aliphatic rings. The Labute approximate surface area is 101 Å². The van der Waals surface area contributed by atoms with Crippen LogP contribution in [0.5, 0.6) is 0 Å². The van der Waals surface area contributed by atoms with Crippen LogP contribution in [0.4, 0.5) is 0 Å². The zero-order chi connectivity index (χ0) is 12.0. The Morgan fingerprint density at radius 1 is 1.56 bits per heavy atom. The molecule has 3 nitrogen and oxygen atoms in total. The van der Waals surface area contributed by atoms with Crippen molar-refractivity contribution in [3.63, 3.8) is 0 Å². The van der Waals surface area contributed by atoms with Crippen molar-refractivity contribution >= 4 is 17.7 Å². The van der Waals surface area contributed by atoms with Crippen LogP contribution < -0.4 is 0 Å². The van der Waals surface area contributed by atoms with Crippen LogP contribution in [0.25, 0.3) is 0 Å². The van der Waals surface area contributed by atoms with Crippen LogP contribution in [0, 0.1) is 6.92 Å². The van der Waals surface area contributed by atoms with Crippen LogP contribution in [-0.2, 0) is 11.3 Å². The molecule has 0 aliphatic heterocycles.